The van der Waals surface area contributed by atoms with Gasteiger partial charge >= 0.3 is 0 Å². The Balaban J connectivity index is 1.32. The Kier molecular flexibility index (Phi) is 7.28. The van der Waals surface area contributed by atoms with E-state index in [1.807, 2.05) is 30.0 Å². The van der Waals surface area contributed by atoms with E-state index in [1.165, 1.54) is 11.9 Å². The summed E-state index contributed by atoms with van der Waals surface area (Å²) in [6, 6.07) is 10.6. The quantitative estimate of drug-likeness (QED) is 0.548. The first kappa shape index (κ1) is 24.0. The van der Waals surface area contributed by atoms with Gasteiger partial charge in [0.15, 0.2) is 5.78 Å². The number of piperidine rings is 1. The Morgan fingerprint density at radius 1 is 1.11 bits per heavy atom. The maximum atomic E-state index is 12.8. The van der Waals surface area contributed by atoms with Gasteiger partial charge in [0.2, 0.25) is 5.91 Å². The van der Waals surface area contributed by atoms with Crippen molar-refractivity contribution in [3.63, 3.8) is 0 Å². The minimum atomic E-state index is 0.109. The van der Waals surface area contributed by atoms with Crippen LogP contribution < -0.4 is 5.32 Å². The number of likely N-dealkylation sites (tertiary alicyclic amines) is 1. The number of hydrogen-bond acceptors (Lipinski definition) is 6. The van der Waals surface area contributed by atoms with Gasteiger partial charge in [-0.3, -0.25) is 14.6 Å². The lowest BCUT2D eigenvalue weighted by molar-refractivity contribution is -0.131. The van der Waals surface area contributed by atoms with Crippen molar-refractivity contribution in [2.75, 3.05) is 26.2 Å². The number of hydrogen-bond donors (Lipinski definition) is 1. The lowest BCUT2D eigenvalue weighted by Crippen LogP contribution is -2.42. The zero-order valence-electron chi connectivity index (χ0n) is 20.6. The highest BCUT2D eigenvalue weighted by Crippen LogP contribution is 2.30. The summed E-state index contributed by atoms with van der Waals surface area (Å²) in [6.07, 6.45) is 11.9. The van der Waals surface area contributed by atoms with Crippen LogP contribution in [0.1, 0.15) is 64.8 Å². The number of rotatable bonds is 7. The molecule has 1 aromatic carbocycles. The third-order valence-electron chi connectivity index (χ3n) is 7.06. The largest absolute Gasteiger partial charge is 0.342 e. The molecule has 1 N–H and O–H groups in total. The molecule has 2 aromatic heterocycles. The molecule has 184 valence electrons. The summed E-state index contributed by atoms with van der Waals surface area (Å²) >= 11 is 0. The highest BCUT2D eigenvalue weighted by molar-refractivity contribution is 6.04. The highest BCUT2D eigenvalue weighted by atomic mass is 16.2. The van der Waals surface area contributed by atoms with E-state index in [2.05, 4.69) is 39.6 Å². The third-order valence-corrected chi connectivity index (χ3v) is 7.06. The summed E-state index contributed by atoms with van der Waals surface area (Å²) < 4.78 is 0. The molecule has 5 rings (SSSR count). The molecule has 0 radical (unpaired) electrons. The van der Waals surface area contributed by atoms with Crippen molar-refractivity contribution in [2.24, 2.45) is 0 Å². The van der Waals surface area contributed by atoms with Crippen molar-refractivity contribution in [3.05, 3.63) is 83.1 Å². The monoisotopic (exact) mass is 481 g/mol. The van der Waals surface area contributed by atoms with E-state index in [4.69, 9.17) is 4.98 Å². The molecule has 1 aliphatic carbocycles. The van der Waals surface area contributed by atoms with Gasteiger partial charge in [0.25, 0.3) is 0 Å². The molecule has 1 amide bonds. The van der Waals surface area contributed by atoms with Gasteiger partial charge in [0.1, 0.15) is 6.33 Å². The predicted octanol–water partition coefficient (Wildman–Crippen LogP) is 4.04. The fraction of sp³-hybridized carbons (Fsp3) is 0.345. The van der Waals surface area contributed by atoms with E-state index < -0.39 is 0 Å². The van der Waals surface area contributed by atoms with Gasteiger partial charge < -0.3 is 10.2 Å². The molecule has 1 fully saturated rings. The zero-order valence-corrected chi connectivity index (χ0v) is 20.6. The third kappa shape index (κ3) is 5.26. The van der Waals surface area contributed by atoms with Crippen molar-refractivity contribution >= 4 is 17.8 Å². The van der Waals surface area contributed by atoms with Crippen LogP contribution in [0, 0.1) is 0 Å². The molecule has 1 aliphatic heterocycles. The number of nitrogens with zero attached hydrogens (tertiary/aromatic N) is 4. The maximum absolute atomic E-state index is 12.8. The molecule has 0 bridgehead atoms. The summed E-state index contributed by atoms with van der Waals surface area (Å²) in [4.78, 5) is 40.2. The van der Waals surface area contributed by atoms with E-state index >= 15 is 0 Å². The average Bonchev–Trinajstić information content (AvgIpc) is 2.92. The first-order valence-corrected chi connectivity index (χ1v) is 12.7. The number of carbonyl (C=O) groups is 2. The van der Waals surface area contributed by atoms with Crippen molar-refractivity contribution in [3.8, 4) is 11.3 Å². The van der Waals surface area contributed by atoms with Gasteiger partial charge in [-0.1, -0.05) is 43.3 Å². The predicted molar refractivity (Wildman–Crippen MR) is 140 cm³/mol. The second-order valence-electron chi connectivity index (χ2n) is 9.43. The van der Waals surface area contributed by atoms with E-state index in [-0.39, 0.29) is 11.7 Å². The molecule has 0 saturated carbocycles. The minimum absolute atomic E-state index is 0.109. The number of amides is 1. The molecule has 7 heteroatoms. The Morgan fingerprint density at radius 3 is 2.58 bits per heavy atom. The van der Waals surface area contributed by atoms with Gasteiger partial charge in [-0.25, -0.2) is 9.97 Å². The molecular weight excluding hydrogens is 450 g/mol. The number of benzene rings is 1. The molecule has 7 nitrogen and oxygen atoms in total. The van der Waals surface area contributed by atoms with Crippen LogP contribution in [0.4, 0.5) is 0 Å². The van der Waals surface area contributed by atoms with Crippen LogP contribution in [0.5, 0.6) is 0 Å². The zero-order chi connectivity index (χ0) is 24.9. The molecule has 0 spiro atoms. The number of carbonyl (C=O) groups excluding carboxylic acids is 2. The molecule has 3 aromatic rings. The Hall–Kier alpha value is -3.71. The standard InChI is InChI=1S/C29H31N5O2/c1-2-30-18-28(36)34-12-10-22(11-13-34)21-8-6-20(7-9-21)14-26-29-23(4-3-5-27(29)35)15-25(33-26)24-16-31-19-32-17-24/h3-4,6-9,15-17,19,22,30H,2,5,10-14,18H2,1H3. The first-order valence-electron chi connectivity index (χ1n) is 12.7. The van der Waals surface area contributed by atoms with Crippen LogP contribution in [-0.4, -0.2) is 57.7 Å². The molecule has 3 heterocycles. The lowest BCUT2D eigenvalue weighted by atomic mass is 9.88. The molecule has 0 unspecified atom stereocenters. The first-order chi connectivity index (χ1) is 17.6. The second kappa shape index (κ2) is 10.9. The number of ketones is 1. The number of aromatic nitrogens is 3. The molecule has 36 heavy (non-hydrogen) atoms. The fourth-order valence-electron chi connectivity index (χ4n) is 5.08. The number of allylic oxidation sites excluding steroid dienone is 1. The number of Topliss-reactive ketones (excluding diaryl/α,β-unsaturated/α-hetero) is 1. The van der Waals surface area contributed by atoms with Crippen LogP contribution in [0.3, 0.4) is 0 Å². The van der Waals surface area contributed by atoms with Gasteiger partial charge in [0, 0.05) is 49.5 Å². The number of nitrogens with one attached hydrogen (secondary N) is 1. The smallest absolute Gasteiger partial charge is 0.236 e. The summed E-state index contributed by atoms with van der Waals surface area (Å²) in [5.41, 5.74) is 6.45. The van der Waals surface area contributed by atoms with Crippen molar-refractivity contribution in [1.29, 1.82) is 0 Å². The highest BCUT2D eigenvalue weighted by Gasteiger charge is 2.24. The summed E-state index contributed by atoms with van der Waals surface area (Å²) in [7, 11) is 0. The van der Waals surface area contributed by atoms with Crippen LogP contribution in [0.15, 0.2) is 55.1 Å². The van der Waals surface area contributed by atoms with Gasteiger partial charge in [-0.15, -0.1) is 0 Å². The van der Waals surface area contributed by atoms with Crippen molar-refractivity contribution < 1.29 is 9.59 Å². The summed E-state index contributed by atoms with van der Waals surface area (Å²) in [5, 5.41) is 3.12. The normalized spacial score (nSPS) is 15.7. The van der Waals surface area contributed by atoms with E-state index in [9.17, 15) is 9.59 Å². The number of likely N-dealkylation sites (N-methyl/N-ethyl adjacent to an activating group) is 1. The average molecular weight is 482 g/mol. The van der Waals surface area contributed by atoms with Crippen molar-refractivity contribution in [1.82, 2.24) is 25.2 Å². The van der Waals surface area contributed by atoms with E-state index in [1.54, 1.807) is 12.4 Å². The lowest BCUT2D eigenvalue weighted by Gasteiger charge is -2.32. The van der Waals surface area contributed by atoms with Gasteiger partial charge in [-0.2, -0.15) is 0 Å². The fourth-order valence-corrected chi connectivity index (χ4v) is 5.08. The summed E-state index contributed by atoms with van der Waals surface area (Å²) in [6.45, 7) is 4.85. The van der Waals surface area contributed by atoms with Crippen LogP contribution >= 0.6 is 0 Å². The van der Waals surface area contributed by atoms with E-state index in [0.717, 1.165) is 66.1 Å². The second-order valence-corrected chi connectivity index (χ2v) is 9.43. The number of fused-ring (bicyclic) bond motifs is 1. The van der Waals surface area contributed by atoms with Gasteiger partial charge in [0.05, 0.1) is 17.9 Å². The topological polar surface area (TPSA) is 88.1 Å². The van der Waals surface area contributed by atoms with E-state index in [0.29, 0.717) is 25.3 Å². The Bertz CT molecular complexity index is 1260. The van der Waals surface area contributed by atoms with Crippen LogP contribution in [0.25, 0.3) is 17.3 Å². The Labute approximate surface area is 211 Å². The van der Waals surface area contributed by atoms with Crippen LogP contribution in [0.2, 0.25) is 0 Å². The number of pyridine rings is 1. The summed E-state index contributed by atoms with van der Waals surface area (Å²) in [5.74, 6) is 0.759. The molecule has 1 saturated heterocycles. The maximum Gasteiger partial charge on any atom is 0.236 e. The molecule has 2 aliphatic rings. The minimum Gasteiger partial charge on any atom is -0.342 e. The SMILES string of the molecule is CCNCC(=O)N1CCC(c2ccc(Cc3nc(-c4cncnc4)cc4c3C(=O)CC=C4)cc2)CC1. The molecule has 0 atom stereocenters. The van der Waals surface area contributed by atoms with Crippen LogP contribution in [-0.2, 0) is 11.2 Å². The Morgan fingerprint density at radius 2 is 1.86 bits per heavy atom. The molecular formula is C29H31N5O2. The van der Waals surface area contributed by atoms with Gasteiger partial charge in [-0.05, 0) is 48.1 Å². The van der Waals surface area contributed by atoms with Crippen molar-refractivity contribution in [2.45, 2.75) is 38.5 Å².